The van der Waals surface area contributed by atoms with Gasteiger partial charge in [0.05, 0.1) is 7.11 Å². The van der Waals surface area contributed by atoms with E-state index in [9.17, 15) is 19.2 Å². The quantitative estimate of drug-likeness (QED) is 0.462. The van der Waals surface area contributed by atoms with Gasteiger partial charge in [-0.3, -0.25) is 14.4 Å². The minimum atomic E-state index is -0.960. The smallest absolute Gasteiger partial charge is 0.347 e. The summed E-state index contributed by atoms with van der Waals surface area (Å²) in [5, 5.41) is 0. The molecule has 0 radical (unpaired) electrons. The molecule has 0 aromatic carbocycles. The van der Waals surface area contributed by atoms with Gasteiger partial charge in [-0.15, -0.1) is 0 Å². The Bertz CT molecular complexity index is 836. The summed E-state index contributed by atoms with van der Waals surface area (Å²) in [7, 11) is 1.31. The highest BCUT2D eigenvalue weighted by molar-refractivity contribution is 5.85. The Kier molecular flexibility index (Phi) is 6.38. The Morgan fingerprint density at radius 3 is 2.33 bits per heavy atom. The number of ketones is 1. The van der Waals surface area contributed by atoms with E-state index in [-0.39, 0.29) is 46.4 Å². The van der Waals surface area contributed by atoms with E-state index in [0.717, 1.165) is 44.9 Å². The van der Waals surface area contributed by atoms with Crippen molar-refractivity contribution in [2.45, 2.75) is 91.3 Å². The summed E-state index contributed by atoms with van der Waals surface area (Å²) < 4.78 is 16.0. The van der Waals surface area contributed by atoms with Crippen LogP contribution in [-0.4, -0.2) is 43.0 Å². The van der Waals surface area contributed by atoms with Crippen LogP contribution < -0.4 is 0 Å². The summed E-state index contributed by atoms with van der Waals surface area (Å²) in [4.78, 5) is 49.6. The number of Topliss-reactive ketones (excluding diaryl/α,β-unsaturated/α-hetero) is 1. The van der Waals surface area contributed by atoms with Crippen molar-refractivity contribution in [2.75, 3.05) is 7.11 Å². The topological polar surface area (TPSA) is 96.0 Å². The lowest BCUT2D eigenvalue weighted by molar-refractivity contribution is -0.180. The molecule has 4 fully saturated rings. The van der Waals surface area contributed by atoms with Gasteiger partial charge in [-0.2, -0.15) is 0 Å². The van der Waals surface area contributed by atoms with Gasteiger partial charge in [-0.05, 0) is 73.5 Å². The SMILES string of the molecule is COC(=O)C(OC(C)=O)C1CCC2C3CCC4CC(OC(C)=O)CCC4(C)C3C(=O)CC12C. The summed E-state index contributed by atoms with van der Waals surface area (Å²) in [5.74, 6) is -0.208. The fraction of sp³-hybridized carbons (Fsp3) is 0.846. The number of rotatable bonds is 4. The van der Waals surface area contributed by atoms with Crippen LogP contribution in [0.2, 0.25) is 0 Å². The average molecular weight is 463 g/mol. The van der Waals surface area contributed by atoms with Crippen LogP contribution in [0.1, 0.15) is 79.1 Å². The van der Waals surface area contributed by atoms with E-state index < -0.39 is 18.0 Å². The van der Waals surface area contributed by atoms with Crippen LogP contribution in [0.5, 0.6) is 0 Å². The minimum absolute atomic E-state index is 0.0108. The Labute approximate surface area is 196 Å². The van der Waals surface area contributed by atoms with Crippen molar-refractivity contribution in [3.05, 3.63) is 0 Å². The van der Waals surface area contributed by atoms with E-state index in [2.05, 4.69) is 13.8 Å². The summed E-state index contributed by atoms with van der Waals surface area (Å²) in [6.45, 7) is 7.17. The Morgan fingerprint density at radius 1 is 0.970 bits per heavy atom. The predicted molar refractivity (Wildman–Crippen MR) is 119 cm³/mol. The maximum atomic E-state index is 13.8. The van der Waals surface area contributed by atoms with Gasteiger partial charge in [0.25, 0.3) is 0 Å². The van der Waals surface area contributed by atoms with Crippen LogP contribution >= 0.6 is 0 Å². The number of esters is 3. The van der Waals surface area contributed by atoms with Crippen LogP contribution in [-0.2, 0) is 33.4 Å². The zero-order chi connectivity index (χ0) is 24.1. The van der Waals surface area contributed by atoms with Gasteiger partial charge >= 0.3 is 17.9 Å². The summed E-state index contributed by atoms with van der Waals surface area (Å²) in [6.07, 6.45) is 5.65. The molecule has 0 N–H and O–H groups in total. The second-order valence-electron chi connectivity index (χ2n) is 11.4. The second kappa shape index (κ2) is 8.70. The summed E-state index contributed by atoms with van der Waals surface area (Å²) in [5.41, 5.74) is -0.460. The third-order valence-corrected chi connectivity index (χ3v) is 9.80. The average Bonchev–Trinajstić information content (AvgIpc) is 3.07. The van der Waals surface area contributed by atoms with Crippen LogP contribution in [0.4, 0.5) is 0 Å². The fourth-order valence-corrected chi connectivity index (χ4v) is 8.50. The van der Waals surface area contributed by atoms with Crippen LogP contribution in [0, 0.1) is 40.4 Å². The number of ether oxygens (including phenoxy) is 3. The Hall–Kier alpha value is -1.92. The Balaban J connectivity index is 1.59. The lowest BCUT2D eigenvalue weighted by Crippen LogP contribution is -2.58. The van der Waals surface area contributed by atoms with Gasteiger partial charge in [-0.1, -0.05) is 13.8 Å². The van der Waals surface area contributed by atoms with Crippen molar-refractivity contribution >= 4 is 23.7 Å². The maximum Gasteiger partial charge on any atom is 0.347 e. The molecule has 4 aliphatic rings. The second-order valence-corrected chi connectivity index (χ2v) is 11.4. The molecule has 4 rings (SSSR count). The molecule has 9 unspecified atom stereocenters. The van der Waals surface area contributed by atoms with Crippen LogP contribution in [0.15, 0.2) is 0 Å². The summed E-state index contributed by atoms with van der Waals surface area (Å²) >= 11 is 0. The summed E-state index contributed by atoms with van der Waals surface area (Å²) in [6, 6.07) is 0. The third-order valence-electron chi connectivity index (χ3n) is 9.80. The molecular weight excluding hydrogens is 424 g/mol. The zero-order valence-corrected chi connectivity index (χ0v) is 20.6. The first-order chi connectivity index (χ1) is 15.5. The molecule has 0 aromatic heterocycles. The molecule has 0 saturated heterocycles. The first kappa shape index (κ1) is 24.2. The van der Waals surface area contributed by atoms with Gasteiger partial charge in [0.15, 0.2) is 0 Å². The normalized spacial score (nSPS) is 42.9. The highest BCUT2D eigenvalue weighted by atomic mass is 16.6. The Morgan fingerprint density at radius 2 is 1.70 bits per heavy atom. The number of carbonyl (C=O) groups excluding carboxylic acids is 4. The lowest BCUT2D eigenvalue weighted by atomic mass is 9.44. The van der Waals surface area contributed by atoms with E-state index in [1.165, 1.54) is 21.0 Å². The lowest BCUT2D eigenvalue weighted by Gasteiger charge is -2.60. The van der Waals surface area contributed by atoms with Crippen molar-refractivity contribution in [3.8, 4) is 0 Å². The molecule has 0 amide bonds. The molecule has 0 spiro atoms. The van der Waals surface area contributed by atoms with Gasteiger partial charge < -0.3 is 14.2 Å². The monoisotopic (exact) mass is 462 g/mol. The molecule has 0 aromatic rings. The first-order valence-electron chi connectivity index (χ1n) is 12.5. The first-order valence-corrected chi connectivity index (χ1v) is 12.5. The van der Waals surface area contributed by atoms with Crippen molar-refractivity contribution < 1.29 is 33.4 Å². The molecule has 184 valence electrons. The molecule has 7 nitrogen and oxygen atoms in total. The molecule has 0 aliphatic heterocycles. The largest absolute Gasteiger partial charge is 0.466 e. The van der Waals surface area contributed by atoms with E-state index >= 15 is 0 Å². The maximum absolute atomic E-state index is 13.8. The van der Waals surface area contributed by atoms with Gasteiger partial charge in [0.2, 0.25) is 6.10 Å². The molecule has 0 heterocycles. The molecule has 4 aliphatic carbocycles. The van der Waals surface area contributed by atoms with Crippen LogP contribution in [0.3, 0.4) is 0 Å². The molecular formula is C26H38O7. The third kappa shape index (κ3) is 3.99. The molecule has 9 atom stereocenters. The number of hydrogen-bond donors (Lipinski definition) is 0. The molecule has 4 saturated carbocycles. The van der Waals surface area contributed by atoms with E-state index in [1.807, 2.05) is 0 Å². The van der Waals surface area contributed by atoms with E-state index in [1.54, 1.807) is 0 Å². The molecule has 33 heavy (non-hydrogen) atoms. The van der Waals surface area contributed by atoms with Crippen molar-refractivity contribution in [1.82, 2.24) is 0 Å². The van der Waals surface area contributed by atoms with Gasteiger partial charge in [-0.25, -0.2) is 4.79 Å². The molecule has 0 bridgehead atoms. The van der Waals surface area contributed by atoms with E-state index in [0.29, 0.717) is 18.3 Å². The van der Waals surface area contributed by atoms with Gasteiger partial charge in [0.1, 0.15) is 11.9 Å². The van der Waals surface area contributed by atoms with Crippen molar-refractivity contribution in [2.24, 2.45) is 40.4 Å². The number of methoxy groups -OCH3 is 1. The van der Waals surface area contributed by atoms with E-state index in [4.69, 9.17) is 14.2 Å². The number of carbonyl (C=O) groups is 4. The number of hydrogen-bond acceptors (Lipinski definition) is 7. The minimum Gasteiger partial charge on any atom is -0.466 e. The molecule has 7 heteroatoms. The zero-order valence-electron chi connectivity index (χ0n) is 20.6. The highest BCUT2D eigenvalue weighted by Crippen LogP contribution is 2.67. The standard InChI is InChI=1S/C26H38O7/c1-14(27)32-17-10-11-25(3)16(12-17)6-7-18-19-8-9-20(23(24(30)31-5)33-15(2)28)26(19,4)13-21(29)22(18)25/h16-20,22-23H,6-13H2,1-5H3. The highest BCUT2D eigenvalue weighted by Gasteiger charge is 2.65. The van der Waals surface area contributed by atoms with Crippen molar-refractivity contribution in [1.29, 1.82) is 0 Å². The number of fused-ring (bicyclic) bond motifs is 5. The predicted octanol–water partition coefficient (Wildman–Crippen LogP) is 3.86. The van der Waals surface area contributed by atoms with Crippen LogP contribution in [0.25, 0.3) is 0 Å². The van der Waals surface area contributed by atoms with Crippen molar-refractivity contribution in [3.63, 3.8) is 0 Å². The van der Waals surface area contributed by atoms with Gasteiger partial charge in [0, 0.05) is 32.1 Å². The fourth-order valence-electron chi connectivity index (χ4n) is 8.50.